The van der Waals surface area contributed by atoms with Crippen molar-refractivity contribution >= 4 is 28.6 Å². The summed E-state index contributed by atoms with van der Waals surface area (Å²) in [7, 11) is 0. The minimum absolute atomic E-state index is 0.178. The summed E-state index contributed by atoms with van der Waals surface area (Å²) in [5, 5.41) is 8.80. The molecule has 0 radical (unpaired) electrons. The van der Waals surface area contributed by atoms with Crippen molar-refractivity contribution < 1.29 is 4.79 Å². The minimum Gasteiger partial charge on any atom is -0.397 e. The van der Waals surface area contributed by atoms with E-state index >= 15 is 0 Å². The SMILES string of the molecule is Nc1ccsc1C(=O)Nc1ccc(Cn2cccn2)cc1. The number of rotatable bonds is 4. The van der Waals surface area contributed by atoms with Crippen LogP contribution in [0.5, 0.6) is 0 Å². The molecule has 0 saturated carbocycles. The molecule has 3 N–H and O–H groups in total. The Morgan fingerprint density at radius 2 is 2.10 bits per heavy atom. The first-order valence-electron chi connectivity index (χ1n) is 6.43. The fourth-order valence-electron chi connectivity index (χ4n) is 1.97. The zero-order valence-corrected chi connectivity index (χ0v) is 12.0. The Balaban J connectivity index is 1.67. The van der Waals surface area contributed by atoms with Crippen LogP contribution >= 0.6 is 11.3 Å². The number of anilines is 2. The van der Waals surface area contributed by atoms with E-state index < -0.39 is 0 Å². The fraction of sp³-hybridized carbons (Fsp3) is 0.0667. The molecule has 1 aromatic carbocycles. The highest BCUT2D eigenvalue weighted by Gasteiger charge is 2.11. The van der Waals surface area contributed by atoms with Crippen LogP contribution in [0.4, 0.5) is 11.4 Å². The Morgan fingerprint density at radius 1 is 1.29 bits per heavy atom. The normalized spacial score (nSPS) is 10.5. The number of aromatic nitrogens is 2. The lowest BCUT2D eigenvalue weighted by atomic mass is 10.2. The second-order valence-corrected chi connectivity index (χ2v) is 5.48. The predicted octanol–water partition coefficient (Wildman–Crippen LogP) is 2.83. The quantitative estimate of drug-likeness (QED) is 0.778. The monoisotopic (exact) mass is 298 g/mol. The molecular weight excluding hydrogens is 284 g/mol. The molecule has 0 unspecified atom stereocenters. The summed E-state index contributed by atoms with van der Waals surface area (Å²) >= 11 is 1.33. The summed E-state index contributed by atoms with van der Waals surface area (Å²) < 4.78 is 1.85. The van der Waals surface area contributed by atoms with Gasteiger partial charge in [-0.05, 0) is 35.2 Å². The number of amides is 1. The summed E-state index contributed by atoms with van der Waals surface area (Å²) in [5.74, 6) is -0.178. The smallest absolute Gasteiger partial charge is 0.267 e. The predicted molar refractivity (Wildman–Crippen MR) is 84.5 cm³/mol. The molecule has 3 aromatic rings. The number of thiophene rings is 1. The molecule has 0 saturated heterocycles. The van der Waals surface area contributed by atoms with Gasteiger partial charge < -0.3 is 11.1 Å². The third-order valence-electron chi connectivity index (χ3n) is 3.02. The number of carbonyl (C=O) groups is 1. The molecule has 6 heteroatoms. The summed E-state index contributed by atoms with van der Waals surface area (Å²) in [6.07, 6.45) is 3.66. The Labute approximate surface area is 126 Å². The largest absolute Gasteiger partial charge is 0.397 e. The van der Waals surface area contributed by atoms with Crippen LogP contribution in [0.3, 0.4) is 0 Å². The third kappa shape index (κ3) is 3.11. The van der Waals surface area contributed by atoms with Crippen LogP contribution < -0.4 is 11.1 Å². The maximum absolute atomic E-state index is 12.0. The van der Waals surface area contributed by atoms with E-state index in [9.17, 15) is 4.79 Å². The van der Waals surface area contributed by atoms with Gasteiger partial charge in [0.15, 0.2) is 0 Å². The summed E-state index contributed by atoms with van der Waals surface area (Å²) in [6.45, 7) is 0.707. The second-order valence-electron chi connectivity index (χ2n) is 4.56. The number of nitrogens with zero attached hydrogens (tertiary/aromatic N) is 2. The Hall–Kier alpha value is -2.60. The van der Waals surface area contributed by atoms with Crippen LogP contribution in [-0.4, -0.2) is 15.7 Å². The van der Waals surface area contributed by atoms with E-state index in [2.05, 4.69) is 10.4 Å². The first-order chi connectivity index (χ1) is 10.2. The first-order valence-corrected chi connectivity index (χ1v) is 7.31. The van der Waals surface area contributed by atoms with Gasteiger partial charge in [-0.1, -0.05) is 12.1 Å². The maximum atomic E-state index is 12.0. The van der Waals surface area contributed by atoms with Crippen molar-refractivity contribution in [2.75, 3.05) is 11.1 Å². The van der Waals surface area contributed by atoms with Crippen molar-refractivity contribution in [1.29, 1.82) is 0 Å². The van der Waals surface area contributed by atoms with Gasteiger partial charge in [-0.25, -0.2) is 0 Å². The van der Waals surface area contributed by atoms with Crippen molar-refractivity contribution in [2.24, 2.45) is 0 Å². The highest BCUT2D eigenvalue weighted by atomic mass is 32.1. The Kier molecular flexibility index (Phi) is 3.70. The number of benzene rings is 1. The van der Waals surface area contributed by atoms with E-state index in [1.807, 2.05) is 41.2 Å². The number of nitrogen functional groups attached to an aromatic ring is 1. The lowest BCUT2D eigenvalue weighted by molar-refractivity contribution is 0.103. The van der Waals surface area contributed by atoms with Gasteiger partial charge in [0.2, 0.25) is 0 Å². The number of nitrogens with two attached hydrogens (primary N) is 1. The lowest BCUT2D eigenvalue weighted by Gasteiger charge is -2.06. The lowest BCUT2D eigenvalue weighted by Crippen LogP contribution is -2.11. The van der Waals surface area contributed by atoms with Crippen LogP contribution in [0.15, 0.2) is 54.2 Å². The Morgan fingerprint density at radius 3 is 2.71 bits per heavy atom. The van der Waals surface area contributed by atoms with Crippen molar-refractivity contribution in [3.8, 4) is 0 Å². The van der Waals surface area contributed by atoms with Crippen LogP contribution in [-0.2, 0) is 6.54 Å². The van der Waals surface area contributed by atoms with Crippen molar-refractivity contribution in [2.45, 2.75) is 6.54 Å². The molecule has 0 bridgehead atoms. The zero-order valence-electron chi connectivity index (χ0n) is 11.2. The van der Waals surface area contributed by atoms with Gasteiger partial charge in [0, 0.05) is 18.1 Å². The van der Waals surface area contributed by atoms with Gasteiger partial charge in [-0.2, -0.15) is 5.10 Å². The second kappa shape index (κ2) is 5.80. The molecule has 3 rings (SSSR count). The van der Waals surface area contributed by atoms with Crippen LogP contribution in [0.25, 0.3) is 0 Å². The molecule has 106 valence electrons. The topological polar surface area (TPSA) is 72.9 Å². The summed E-state index contributed by atoms with van der Waals surface area (Å²) in [5.41, 5.74) is 8.11. The van der Waals surface area contributed by atoms with Crippen LogP contribution in [0.2, 0.25) is 0 Å². The molecule has 1 amide bonds. The van der Waals surface area contributed by atoms with Gasteiger partial charge in [0.1, 0.15) is 4.88 Å². The highest BCUT2D eigenvalue weighted by Crippen LogP contribution is 2.20. The number of carbonyl (C=O) groups excluding carboxylic acids is 1. The number of nitrogens with one attached hydrogen (secondary N) is 1. The van der Waals surface area contributed by atoms with Gasteiger partial charge in [0.25, 0.3) is 5.91 Å². The Bertz CT molecular complexity index is 731. The molecule has 0 aliphatic heterocycles. The van der Waals surface area contributed by atoms with E-state index in [1.165, 1.54) is 11.3 Å². The molecule has 0 aliphatic carbocycles. The van der Waals surface area contributed by atoms with Crippen LogP contribution in [0, 0.1) is 0 Å². The molecule has 0 fully saturated rings. The molecule has 5 nitrogen and oxygen atoms in total. The average molecular weight is 298 g/mol. The van der Waals surface area contributed by atoms with Crippen molar-refractivity contribution in [3.05, 3.63) is 64.6 Å². The van der Waals surface area contributed by atoms with Crippen molar-refractivity contribution in [1.82, 2.24) is 9.78 Å². The fourth-order valence-corrected chi connectivity index (χ4v) is 2.68. The average Bonchev–Trinajstić information content (AvgIpc) is 3.12. The maximum Gasteiger partial charge on any atom is 0.267 e. The van der Waals surface area contributed by atoms with Gasteiger partial charge in [0.05, 0.1) is 12.2 Å². The molecule has 0 atom stereocenters. The molecular formula is C15H14N4OS. The molecule has 2 aromatic heterocycles. The van der Waals surface area contributed by atoms with Gasteiger partial charge in [-0.15, -0.1) is 11.3 Å². The van der Waals surface area contributed by atoms with E-state index in [0.717, 1.165) is 11.3 Å². The number of hydrogen-bond acceptors (Lipinski definition) is 4. The van der Waals surface area contributed by atoms with E-state index in [4.69, 9.17) is 5.73 Å². The van der Waals surface area contributed by atoms with Gasteiger partial charge >= 0.3 is 0 Å². The van der Waals surface area contributed by atoms with E-state index in [0.29, 0.717) is 17.1 Å². The first kappa shape index (κ1) is 13.4. The van der Waals surface area contributed by atoms with Gasteiger partial charge in [-0.3, -0.25) is 9.48 Å². The van der Waals surface area contributed by atoms with E-state index in [-0.39, 0.29) is 5.91 Å². The third-order valence-corrected chi connectivity index (χ3v) is 3.95. The molecule has 0 aliphatic rings. The minimum atomic E-state index is -0.178. The summed E-state index contributed by atoms with van der Waals surface area (Å²) in [4.78, 5) is 12.6. The zero-order chi connectivity index (χ0) is 14.7. The van der Waals surface area contributed by atoms with Crippen molar-refractivity contribution in [3.63, 3.8) is 0 Å². The summed E-state index contributed by atoms with van der Waals surface area (Å²) in [6, 6.07) is 11.3. The molecule has 2 heterocycles. The van der Waals surface area contributed by atoms with Crippen LogP contribution in [0.1, 0.15) is 15.2 Å². The molecule has 21 heavy (non-hydrogen) atoms. The number of hydrogen-bond donors (Lipinski definition) is 2. The van der Waals surface area contributed by atoms with E-state index in [1.54, 1.807) is 17.6 Å². The molecule has 0 spiro atoms. The standard InChI is InChI=1S/C15H14N4OS/c16-13-6-9-21-14(13)15(20)18-12-4-2-11(3-5-12)10-19-8-1-7-17-19/h1-9H,10,16H2,(H,18,20). The highest BCUT2D eigenvalue weighted by molar-refractivity contribution is 7.12.